The highest BCUT2D eigenvalue weighted by Crippen LogP contribution is 2.43. The quantitative estimate of drug-likeness (QED) is 0.715. The highest BCUT2D eigenvalue weighted by atomic mass is 16.5. The van der Waals surface area contributed by atoms with Crippen LogP contribution >= 0.6 is 0 Å². The lowest BCUT2D eigenvalue weighted by atomic mass is 9.66. The number of hydrogen-bond acceptors (Lipinski definition) is 2. The summed E-state index contributed by atoms with van der Waals surface area (Å²) in [5.74, 6) is 0.538. The van der Waals surface area contributed by atoms with Crippen LogP contribution in [0, 0.1) is 11.3 Å². The standard InChI is InChI=1S/C14H28O2/c1-6-10-14(2,3)13-11(15-4)8-7-9-12(13)16-5/h11-13H,6-10H2,1-5H3. The molecule has 0 aromatic carbocycles. The van der Waals surface area contributed by atoms with Crippen molar-refractivity contribution in [1.82, 2.24) is 0 Å². The molecule has 0 bridgehead atoms. The van der Waals surface area contributed by atoms with Gasteiger partial charge in [0.05, 0.1) is 12.2 Å². The number of hydrogen-bond donors (Lipinski definition) is 0. The first-order valence-corrected chi connectivity index (χ1v) is 6.62. The first-order valence-electron chi connectivity index (χ1n) is 6.62. The van der Waals surface area contributed by atoms with Crippen LogP contribution in [-0.4, -0.2) is 26.4 Å². The molecule has 1 fully saturated rings. The van der Waals surface area contributed by atoms with E-state index in [4.69, 9.17) is 9.47 Å². The summed E-state index contributed by atoms with van der Waals surface area (Å²) in [5.41, 5.74) is 0.316. The van der Waals surface area contributed by atoms with Gasteiger partial charge in [-0.3, -0.25) is 0 Å². The summed E-state index contributed by atoms with van der Waals surface area (Å²) in [6.45, 7) is 6.99. The van der Waals surface area contributed by atoms with Gasteiger partial charge in [0.2, 0.25) is 0 Å². The van der Waals surface area contributed by atoms with Crippen molar-refractivity contribution in [3.8, 4) is 0 Å². The zero-order valence-electron chi connectivity index (χ0n) is 11.6. The van der Waals surface area contributed by atoms with E-state index in [0.717, 1.165) is 0 Å². The number of ether oxygens (including phenoxy) is 2. The van der Waals surface area contributed by atoms with Gasteiger partial charge in [-0.25, -0.2) is 0 Å². The predicted octanol–water partition coefficient (Wildman–Crippen LogP) is 3.64. The Hall–Kier alpha value is -0.0800. The number of methoxy groups -OCH3 is 2. The minimum absolute atomic E-state index is 0.316. The second-order valence-electron chi connectivity index (χ2n) is 5.74. The number of rotatable bonds is 5. The maximum atomic E-state index is 5.69. The Labute approximate surface area is 101 Å². The Morgan fingerprint density at radius 3 is 1.94 bits per heavy atom. The molecule has 0 aromatic heterocycles. The molecule has 0 radical (unpaired) electrons. The first-order chi connectivity index (χ1) is 7.56. The Morgan fingerprint density at radius 1 is 1.06 bits per heavy atom. The zero-order chi connectivity index (χ0) is 12.2. The zero-order valence-corrected chi connectivity index (χ0v) is 11.6. The molecule has 0 saturated heterocycles. The summed E-state index contributed by atoms with van der Waals surface area (Å²) in [7, 11) is 3.69. The summed E-state index contributed by atoms with van der Waals surface area (Å²) in [4.78, 5) is 0. The molecule has 2 unspecified atom stereocenters. The Morgan fingerprint density at radius 2 is 1.56 bits per heavy atom. The van der Waals surface area contributed by atoms with Crippen LogP contribution in [0.15, 0.2) is 0 Å². The van der Waals surface area contributed by atoms with Gasteiger partial charge >= 0.3 is 0 Å². The smallest absolute Gasteiger partial charge is 0.0629 e. The van der Waals surface area contributed by atoms with Gasteiger partial charge in [-0.15, -0.1) is 0 Å². The fourth-order valence-corrected chi connectivity index (χ4v) is 3.47. The lowest BCUT2D eigenvalue weighted by Crippen LogP contribution is -2.46. The first kappa shape index (κ1) is 14.0. The molecule has 16 heavy (non-hydrogen) atoms. The summed E-state index contributed by atoms with van der Waals surface area (Å²) in [6.07, 6.45) is 6.84. The molecule has 2 nitrogen and oxygen atoms in total. The van der Waals surface area contributed by atoms with Gasteiger partial charge < -0.3 is 9.47 Å². The third-order valence-corrected chi connectivity index (χ3v) is 4.18. The molecule has 0 aromatic rings. The minimum atomic E-state index is 0.316. The molecule has 0 aliphatic heterocycles. The van der Waals surface area contributed by atoms with Crippen LogP contribution in [0.3, 0.4) is 0 Å². The van der Waals surface area contributed by atoms with Crippen LogP contribution < -0.4 is 0 Å². The highest BCUT2D eigenvalue weighted by Gasteiger charge is 2.42. The van der Waals surface area contributed by atoms with Crippen molar-refractivity contribution in [2.75, 3.05) is 14.2 Å². The van der Waals surface area contributed by atoms with Crippen molar-refractivity contribution >= 4 is 0 Å². The third kappa shape index (κ3) is 2.98. The van der Waals surface area contributed by atoms with E-state index in [2.05, 4.69) is 20.8 Å². The summed E-state index contributed by atoms with van der Waals surface area (Å²) < 4.78 is 11.4. The highest BCUT2D eigenvalue weighted by molar-refractivity contribution is 4.92. The largest absolute Gasteiger partial charge is 0.381 e. The van der Waals surface area contributed by atoms with Gasteiger partial charge in [0.25, 0.3) is 0 Å². The van der Waals surface area contributed by atoms with E-state index in [1.165, 1.54) is 32.1 Å². The monoisotopic (exact) mass is 228 g/mol. The van der Waals surface area contributed by atoms with Crippen molar-refractivity contribution in [3.05, 3.63) is 0 Å². The Balaban J connectivity index is 2.82. The molecular formula is C14H28O2. The van der Waals surface area contributed by atoms with Crippen molar-refractivity contribution in [1.29, 1.82) is 0 Å². The Bertz CT molecular complexity index is 189. The van der Waals surface area contributed by atoms with E-state index in [1.807, 2.05) is 14.2 Å². The molecule has 0 heterocycles. The maximum Gasteiger partial charge on any atom is 0.0629 e. The van der Waals surface area contributed by atoms with Crippen LogP contribution in [-0.2, 0) is 9.47 Å². The van der Waals surface area contributed by atoms with E-state index < -0.39 is 0 Å². The normalized spacial score (nSPS) is 31.7. The van der Waals surface area contributed by atoms with E-state index >= 15 is 0 Å². The maximum absolute atomic E-state index is 5.69. The molecular weight excluding hydrogens is 200 g/mol. The van der Waals surface area contributed by atoms with E-state index in [-0.39, 0.29) is 0 Å². The van der Waals surface area contributed by atoms with Crippen LogP contribution in [0.2, 0.25) is 0 Å². The molecule has 1 aliphatic carbocycles. The summed E-state index contributed by atoms with van der Waals surface area (Å²) in [6, 6.07) is 0. The van der Waals surface area contributed by atoms with Crippen LogP contribution in [0.4, 0.5) is 0 Å². The minimum Gasteiger partial charge on any atom is -0.381 e. The van der Waals surface area contributed by atoms with E-state index in [1.54, 1.807) is 0 Å². The molecule has 0 N–H and O–H groups in total. The van der Waals surface area contributed by atoms with Crippen LogP contribution in [0.25, 0.3) is 0 Å². The predicted molar refractivity (Wildman–Crippen MR) is 67.6 cm³/mol. The van der Waals surface area contributed by atoms with Crippen LogP contribution in [0.5, 0.6) is 0 Å². The van der Waals surface area contributed by atoms with Gasteiger partial charge in [-0.2, -0.15) is 0 Å². The lowest BCUT2D eigenvalue weighted by molar-refractivity contribution is -0.110. The topological polar surface area (TPSA) is 18.5 Å². The van der Waals surface area contributed by atoms with Crippen molar-refractivity contribution in [2.24, 2.45) is 11.3 Å². The third-order valence-electron chi connectivity index (χ3n) is 4.18. The fraction of sp³-hybridized carbons (Fsp3) is 1.00. The SMILES string of the molecule is CCCC(C)(C)C1C(OC)CCCC1OC. The summed E-state index contributed by atoms with van der Waals surface area (Å²) >= 11 is 0. The molecule has 0 amide bonds. The van der Waals surface area contributed by atoms with Crippen LogP contribution in [0.1, 0.15) is 52.9 Å². The van der Waals surface area contributed by atoms with Gasteiger partial charge in [-0.1, -0.05) is 27.2 Å². The van der Waals surface area contributed by atoms with E-state index in [9.17, 15) is 0 Å². The molecule has 2 heteroatoms. The van der Waals surface area contributed by atoms with Gasteiger partial charge in [0.15, 0.2) is 0 Å². The average Bonchev–Trinajstić information content (AvgIpc) is 2.27. The van der Waals surface area contributed by atoms with Crippen molar-refractivity contribution in [3.63, 3.8) is 0 Å². The second-order valence-corrected chi connectivity index (χ2v) is 5.74. The second kappa shape index (κ2) is 6.02. The van der Waals surface area contributed by atoms with E-state index in [0.29, 0.717) is 23.5 Å². The molecule has 2 atom stereocenters. The molecule has 1 saturated carbocycles. The molecule has 96 valence electrons. The fourth-order valence-electron chi connectivity index (χ4n) is 3.47. The van der Waals surface area contributed by atoms with Gasteiger partial charge in [0, 0.05) is 20.1 Å². The molecule has 1 aliphatic rings. The molecule has 1 rings (SSSR count). The molecule has 0 spiro atoms. The van der Waals surface area contributed by atoms with Gasteiger partial charge in [-0.05, 0) is 31.1 Å². The van der Waals surface area contributed by atoms with Gasteiger partial charge in [0.1, 0.15) is 0 Å². The lowest BCUT2D eigenvalue weighted by Gasteiger charge is -2.46. The van der Waals surface area contributed by atoms with Crippen molar-refractivity contribution < 1.29 is 9.47 Å². The summed E-state index contributed by atoms with van der Waals surface area (Å²) in [5, 5.41) is 0. The Kier molecular flexibility index (Phi) is 5.26. The average molecular weight is 228 g/mol. The van der Waals surface area contributed by atoms with Crippen molar-refractivity contribution in [2.45, 2.75) is 65.1 Å².